The zero-order valence-corrected chi connectivity index (χ0v) is 19.4. The molecule has 2 aromatic rings. The topological polar surface area (TPSA) is 13.0 Å². The normalized spacial score (nSPS) is 16.8. The molecule has 0 spiro atoms. The van der Waals surface area contributed by atoms with Crippen LogP contribution >= 0.6 is 0 Å². The van der Waals surface area contributed by atoms with Gasteiger partial charge in [-0.05, 0) is 89.1 Å². The van der Waals surface area contributed by atoms with Crippen molar-refractivity contribution in [1.29, 1.82) is 0 Å². The largest absolute Gasteiger partial charge is 0.356 e. The fourth-order valence-corrected chi connectivity index (χ4v) is 4.49. The van der Waals surface area contributed by atoms with Gasteiger partial charge in [0.15, 0.2) is 0 Å². The van der Waals surface area contributed by atoms with Gasteiger partial charge in [-0.3, -0.25) is 0 Å². The van der Waals surface area contributed by atoms with E-state index < -0.39 is 0 Å². The van der Waals surface area contributed by atoms with Crippen LogP contribution in [0, 0.1) is 11.6 Å². The second kappa shape index (κ2) is 9.23. The van der Waals surface area contributed by atoms with Crippen LogP contribution in [0.4, 0.5) is 20.2 Å². The molecular formula is C26H32F2N4. The van der Waals surface area contributed by atoms with Crippen molar-refractivity contribution < 1.29 is 8.78 Å². The molecule has 0 saturated carbocycles. The van der Waals surface area contributed by atoms with Crippen molar-refractivity contribution in [3.63, 3.8) is 0 Å². The van der Waals surface area contributed by atoms with Crippen molar-refractivity contribution in [1.82, 2.24) is 9.80 Å². The van der Waals surface area contributed by atoms with Crippen molar-refractivity contribution in [3.05, 3.63) is 83.0 Å². The van der Waals surface area contributed by atoms with Crippen LogP contribution in [0.5, 0.6) is 0 Å². The summed E-state index contributed by atoms with van der Waals surface area (Å²) in [5, 5.41) is 0. The van der Waals surface area contributed by atoms with E-state index >= 15 is 0 Å². The molecule has 4 rings (SSSR count). The quantitative estimate of drug-likeness (QED) is 0.484. The zero-order valence-electron chi connectivity index (χ0n) is 19.4. The summed E-state index contributed by atoms with van der Waals surface area (Å²) in [5.74, 6) is -0.412. The Balaban J connectivity index is 1.28. The minimum absolute atomic E-state index is 0.206. The lowest BCUT2D eigenvalue weighted by Crippen LogP contribution is -2.30. The van der Waals surface area contributed by atoms with Gasteiger partial charge in [0.2, 0.25) is 0 Å². The van der Waals surface area contributed by atoms with Gasteiger partial charge in [-0.1, -0.05) is 0 Å². The molecular weight excluding hydrogens is 406 g/mol. The smallest absolute Gasteiger partial charge is 0.123 e. The lowest BCUT2D eigenvalue weighted by molar-refractivity contribution is 0.329. The van der Waals surface area contributed by atoms with Gasteiger partial charge in [-0.15, -0.1) is 0 Å². The molecule has 0 amide bonds. The summed E-state index contributed by atoms with van der Waals surface area (Å²) in [4.78, 5) is 9.29. The minimum atomic E-state index is -0.206. The van der Waals surface area contributed by atoms with Gasteiger partial charge in [-0.25, -0.2) is 8.78 Å². The molecule has 0 N–H and O–H groups in total. The van der Waals surface area contributed by atoms with E-state index in [1.807, 2.05) is 24.3 Å². The second-order valence-electron chi connectivity index (χ2n) is 8.67. The highest BCUT2D eigenvalue weighted by Gasteiger charge is 2.26. The number of unbranched alkanes of at least 4 members (excludes halogenated alkanes) is 1. The van der Waals surface area contributed by atoms with E-state index in [0.29, 0.717) is 0 Å². The van der Waals surface area contributed by atoms with Crippen molar-refractivity contribution >= 4 is 11.4 Å². The zero-order chi connectivity index (χ0) is 22.8. The highest BCUT2D eigenvalue weighted by atomic mass is 19.1. The summed E-state index contributed by atoms with van der Waals surface area (Å²) in [7, 11) is 0. The van der Waals surface area contributed by atoms with E-state index in [1.165, 1.54) is 47.1 Å². The fourth-order valence-electron chi connectivity index (χ4n) is 4.49. The first-order chi connectivity index (χ1) is 15.3. The standard InChI is InChI=1S/C26H32F2N4/c1-19-21(3)31(25-11-7-23(27)8-12-25)17-29(19)15-5-6-16-30-18-32(22(4)20(30)2)26-13-9-24(28)10-14-26/h7-14H,5-6,15-18H2,1-4H3. The number of nitrogens with zero attached hydrogens (tertiary/aromatic N) is 4. The van der Waals surface area contributed by atoms with Crippen LogP contribution in [0.3, 0.4) is 0 Å². The first-order valence-electron chi connectivity index (χ1n) is 11.3. The Morgan fingerprint density at radius 1 is 0.562 bits per heavy atom. The van der Waals surface area contributed by atoms with Crippen molar-refractivity contribution in [3.8, 4) is 0 Å². The second-order valence-corrected chi connectivity index (χ2v) is 8.67. The molecule has 0 radical (unpaired) electrons. The van der Waals surface area contributed by atoms with Crippen LogP contribution in [0.2, 0.25) is 0 Å². The summed E-state index contributed by atoms with van der Waals surface area (Å²) in [6, 6.07) is 13.4. The molecule has 2 aromatic carbocycles. The lowest BCUT2D eigenvalue weighted by Gasteiger charge is -2.25. The molecule has 170 valence electrons. The Morgan fingerprint density at radius 2 is 0.906 bits per heavy atom. The SMILES string of the molecule is CC1=C(C)N(c2ccc(F)cc2)CN1CCCCN1CN(c2ccc(F)cc2)C(C)=C1C. The molecule has 6 heteroatoms. The average molecular weight is 439 g/mol. The van der Waals surface area contributed by atoms with Gasteiger partial charge in [0.25, 0.3) is 0 Å². The maximum atomic E-state index is 13.3. The Hall–Kier alpha value is -3.02. The van der Waals surface area contributed by atoms with Crippen LogP contribution in [0.1, 0.15) is 40.5 Å². The van der Waals surface area contributed by atoms with Crippen LogP contribution in [-0.4, -0.2) is 36.2 Å². The first kappa shape index (κ1) is 22.2. The Labute approximate surface area is 190 Å². The summed E-state index contributed by atoms with van der Waals surface area (Å²) < 4.78 is 26.6. The van der Waals surface area contributed by atoms with Gasteiger partial charge < -0.3 is 19.6 Å². The van der Waals surface area contributed by atoms with Gasteiger partial charge in [0.1, 0.15) is 11.6 Å². The van der Waals surface area contributed by atoms with E-state index in [2.05, 4.69) is 47.3 Å². The van der Waals surface area contributed by atoms with Crippen LogP contribution in [0.25, 0.3) is 0 Å². The maximum absolute atomic E-state index is 13.3. The van der Waals surface area contributed by atoms with Crippen molar-refractivity contribution in [2.24, 2.45) is 0 Å². The van der Waals surface area contributed by atoms with Crippen molar-refractivity contribution in [2.45, 2.75) is 40.5 Å². The van der Waals surface area contributed by atoms with Gasteiger partial charge in [-0.2, -0.15) is 0 Å². The molecule has 2 heterocycles. The molecule has 32 heavy (non-hydrogen) atoms. The third-order valence-corrected chi connectivity index (χ3v) is 6.81. The molecule has 0 fully saturated rings. The van der Waals surface area contributed by atoms with Crippen LogP contribution < -0.4 is 9.80 Å². The monoisotopic (exact) mass is 438 g/mol. The van der Waals surface area contributed by atoms with Crippen molar-refractivity contribution in [2.75, 3.05) is 36.2 Å². The molecule has 0 unspecified atom stereocenters. The first-order valence-corrected chi connectivity index (χ1v) is 11.3. The molecule has 0 aromatic heterocycles. The van der Waals surface area contributed by atoms with E-state index in [4.69, 9.17) is 0 Å². The molecule has 0 atom stereocenters. The highest BCUT2D eigenvalue weighted by Crippen LogP contribution is 2.31. The van der Waals surface area contributed by atoms with Gasteiger partial charge in [0.05, 0.1) is 13.3 Å². The van der Waals surface area contributed by atoms with E-state index in [9.17, 15) is 8.78 Å². The maximum Gasteiger partial charge on any atom is 0.123 e. The summed E-state index contributed by atoms with van der Waals surface area (Å²) in [5.41, 5.74) is 7.07. The minimum Gasteiger partial charge on any atom is -0.356 e. The predicted molar refractivity (Wildman–Crippen MR) is 127 cm³/mol. The summed E-state index contributed by atoms with van der Waals surface area (Å²) >= 11 is 0. The number of halogens is 2. The third-order valence-electron chi connectivity index (χ3n) is 6.81. The number of benzene rings is 2. The van der Waals surface area contributed by atoms with E-state index in [1.54, 1.807) is 0 Å². The van der Waals surface area contributed by atoms with Crippen LogP contribution in [-0.2, 0) is 0 Å². The Kier molecular flexibility index (Phi) is 6.40. The molecule has 2 aliphatic rings. The third kappa shape index (κ3) is 4.45. The number of hydrogen-bond donors (Lipinski definition) is 0. The lowest BCUT2D eigenvalue weighted by atomic mass is 10.2. The van der Waals surface area contributed by atoms with E-state index in [0.717, 1.165) is 50.6 Å². The van der Waals surface area contributed by atoms with Crippen LogP contribution in [0.15, 0.2) is 71.3 Å². The van der Waals surface area contributed by atoms with E-state index in [-0.39, 0.29) is 11.6 Å². The molecule has 4 nitrogen and oxygen atoms in total. The molecule has 0 saturated heterocycles. The summed E-state index contributed by atoms with van der Waals surface area (Å²) in [6.45, 7) is 12.2. The number of hydrogen-bond acceptors (Lipinski definition) is 4. The Morgan fingerprint density at radius 3 is 1.25 bits per heavy atom. The number of allylic oxidation sites excluding steroid dienone is 4. The van der Waals surface area contributed by atoms with Gasteiger partial charge >= 0.3 is 0 Å². The molecule has 2 aliphatic heterocycles. The summed E-state index contributed by atoms with van der Waals surface area (Å²) in [6.07, 6.45) is 2.20. The average Bonchev–Trinajstić information content (AvgIpc) is 3.23. The van der Waals surface area contributed by atoms with Gasteiger partial charge in [0, 0.05) is 47.3 Å². The highest BCUT2D eigenvalue weighted by molar-refractivity contribution is 5.55. The molecule has 0 bridgehead atoms. The number of anilines is 2. The Bertz CT molecular complexity index is 928. The fraction of sp³-hybridized carbons (Fsp3) is 0.385. The predicted octanol–water partition coefficient (Wildman–Crippen LogP) is 6.11. The number of rotatable bonds is 7. The molecule has 0 aliphatic carbocycles.